The highest BCUT2D eigenvalue weighted by Crippen LogP contribution is 2.30. The second kappa shape index (κ2) is 14.9. The molecule has 35 heavy (non-hydrogen) atoms. The van der Waals surface area contributed by atoms with Crippen LogP contribution >= 0.6 is 0 Å². The lowest BCUT2D eigenvalue weighted by Crippen LogP contribution is -2.31. The van der Waals surface area contributed by atoms with Gasteiger partial charge < -0.3 is 5.11 Å². The molecule has 0 amide bonds. The summed E-state index contributed by atoms with van der Waals surface area (Å²) in [5, 5.41) is 10.2. The Balaban J connectivity index is 0.000000256. The summed E-state index contributed by atoms with van der Waals surface area (Å²) in [5.74, 6) is -0.0157. The van der Waals surface area contributed by atoms with E-state index in [1.165, 1.54) is 81.8 Å². The van der Waals surface area contributed by atoms with E-state index < -0.39 is 10.1 Å². The van der Waals surface area contributed by atoms with Gasteiger partial charge in [0.1, 0.15) is 10.6 Å². The second-order valence-electron chi connectivity index (χ2n) is 8.92. The van der Waals surface area contributed by atoms with E-state index in [2.05, 4.69) is 56.0 Å². The van der Waals surface area contributed by atoms with Gasteiger partial charge in [-0.2, -0.15) is 8.42 Å². The lowest BCUT2D eigenvalue weighted by molar-refractivity contribution is 0.179. The maximum atomic E-state index is 11.0. The van der Waals surface area contributed by atoms with Crippen LogP contribution in [0.3, 0.4) is 0 Å². The Labute approximate surface area is 211 Å². The van der Waals surface area contributed by atoms with Crippen molar-refractivity contribution in [3.63, 3.8) is 0 Å². The molecule has 3 aromatic rings. The van der Waals surface area contributed by atoms with Crippen LogP contribution < -0.4 is 0 Å². The third-order valence-electron chi connectivity index (χ3n) is 6.19. The number of nitrogens with zero attached hydrogens (tertiary/aromatic N) is 1. The van der Waals surface area contributed by atoms with E-state index in [-0.39, 0.29) is 10.6 Å². The first-order chi connectivity index (χ1) is 16.8. The first-order valence-electron chi connectivity index (χ1n) is 12.8. The minimum atomic E-state index is -4.26. The van der Waals surface area contributed by atoms with Gasteiger partial charge in [-0.15, -0.1) is 0 Å². The van der Waals surface area contributed by atoms with Crippen molar-refractivity contribution in [2.75, 3.05) is 13.1 Å². The molecule has 0 saturated heterocycles. The fourth-order valence-corrected chi connectivity index (χ4v) is 4.95. The van der Waals surface area contributed by atoms with Gasteiger partial charge in [0.15, 0.2) is 0 Å². The molecule has 0 spiro atoms. The first kappa shape index (κ1) is 28.8. The average molecular weight is 500 g/mol. The number of fused-ring (bicyclic) bond motifs is 1. The van der Waals surface area contributed by atoms with Gasteiger partial charge in [0, 0.05) is 16.8 Å². The summed E-state index contributed by atoms with van der Waals surface area (Å²) in [6.07, 6.45) is 9.13. The molecule has 0 saturated carbocycles. The van der Waals surface area contributed by atoms with Crippen molar-refractivity contribution in [1.29, 1.82) is 0 Å². The van der Waals surface area contributed by atoms with Crippen LogP contribution in [0.4, 0.5) is 0 Å². The average Bonchev–Trinajstić information content (AvgIpc) is 2.86. The van der Waals surface area contributed by atoms with Crippen molar-refractivity contribution < 1.29 is 18.1 Å². The molecule has 1 unspecified atom stereocenters. The zero-order chi connectivity index (χ0) is 25.7. The monoisotopic (exact) mass is 499 g/mol. The number of hydrogen-bond acceptors (Lipinski definition) is 4. The minimum absolute atomic E-state index is 0.0157. The molecule has 1 atom stereocenters. The SMILES string of the molecule is CCCCC(c1ccccc1)N(CCCC)CCCC.O=S(=O)(O)c1ccc(O)c2ccccc12. The molecule has 0 heterocycles. The van der Waals surface area contributed by atoms with Gasteiger partial charge >= 0.3 is 0 Å². The highest BCUT2D eigenvalue weighted by Gasteiger charge is 2.19. The zero-order valence-electron chi connectivity index (χ0n) is 21.4. The lowest BCUT2D eigenvalue weighted by Gasteiger charge is -2.32. The summed E-state index contributed by atoms with van der Waals surface area (Å²) in [5.41, 5.74) is 1.51. The number of benzene rings is 3. The Hall–Kier alpha value is -2.41. The Bertz CT molecular complexity index is 1110. The number of aromatic hydroxyl groups is 1. The van der Waals surface area contributed by atoms with Crippen molar-refractivity contribution in [1.82, 2.24) is 4.90 Å². The normalized spacial score (nSPS) is 12.4. The number of hydrogen-bond donors (Lipinski definition) is 2. The predicted molar refractivity (Wildman–Crippen MR) is 146 cm³/mol. The van der Waals surface area contributed by atoms with Gasteiger partial charge in [0.25, 0.3) is 10.1 Å². The van der Waals surface area contributed by atoms with Crippen LogP contribution in [-0.2, 0) is 10.1 Å². The highest BCUT2D eigenvalue weighted by atomic mass is 32.2. The van der Waals surface area contributed by atoms with E-state index in [9.17, 15) is 13.5 Å². The molecule has 0 aliphatic rings. The molecule has 0 radical (unpaired) electrons. The van der Waals surface area contributed by atoms with Gasteiger partial charge in [-0.1, -0.05) is 101 Å². The molecule has 5 nitrogen and oxygen atoms in total. The molecular formula is C29H41NO4S. The molecule has 6 heteroatoms. The largest absolute Gasteiger partial charge is 0.507 e. The third-order valence-corrected chi connectivity index (χ3v) is 7.10. The Morgan fingerprint density at radius 1 is 0.743 bits per heavy atom. The quantitative estimate of drug-likeness (QED) is 0.251. The van der Waals surface area contributed by atoms with Gasteiger partial charge in [-0.25, -0.2) is 0 Å². The van der Waals surface area contributed by atoms with Gasteiger partial charge in [0.2, 0.25) is 0 Å². The second-order valence-corrected chi connectivity index (χ2v) is 10.3. The number of unbranched alkanes of at least 4 members (excludes halogenated alkanes) is 3. The Kier molecular flexibility index (Phi) is 12.2. The maximum absolute atomic E-state index is 11.0. The van der Waals surface area contributed by atoms with Crippen LogP contribution in [0.25, 0.3) is 10.8 Å². The van der Waals surface area contributed by atoms with Crippen LogP contribution in [0.15, 0.2) is 71.6 Å². The van der Waals surface area contributed by atoms with Crippen LogP contribution in [-0.4, -0.2) is 36.1 Å². The standard InChI is InChI=1S/C19H33N.C10H8O4S/c1-4-7-15-19(18-13-11-10-12-14-18)20(16-8-5-2)17-9-6-3;11-9-5-6-10(15(12,13)14)8-4-2-1-3-7(8)9/h10-14,19H,4-9,15-17H2,1-3H3;1-6,11H,(H,12,13,14). The van der Waals surface area contributed by atoms with Crippen LogP contribution in [0.5, 0.6) is 5.75 Å². The number of phenolic OH excluding ortho intramolecular Hbond substituents is 1. The maximum Gasteiger partial charge on any atom is 0.295 e. The van der Waals surface area contributed by atoms with Gasteiger partial charge in [0.05, 0.1) is 0 Å². The summed E-state index contributed by atoms with van der Waals surface area (Å²) in [6, 6.07) is 20.6. The topological polar surface area (TPSA) is 77.8 Å². The molecule has 0 fully saturated rings. The summed E-state index contributed by atoms with van der Waals surface area (Å²) in [4.78, 5) is 2.54. The fraction of sp³-hybridized carbons (Fsp3) is 0.448. The number of rotatable bonds is 12. The molecule has 0 bridgehead atoms. The van der Waals surface area contributed by atoms with Crippen LogP contribution in [0.1, 0.15) is 77.3 Å². The van der Waals surface area contributed by atoms with Crippen LogP contribution in [0.2, 0.25) is 0 Å². The van der Waals surface area contributed by atoms with E-state index in [1.807, 2.05) is 0 Å². The Morgan fingerprint density at radius 3 is 1.83 bits per heavy atom. The van der Waals surface area contributed by atoms with E-state index in [1.54, 1.807) is 18.2 Å². The minimum Gasteiger partial charge on any atom is -0.507 e. The van der Waals surface area contributed by atoms with Gasteiger partial charge in [-0.05, 0) is 50.0 Å². The van der Waals surface area contributed by atoms with Gasteiger partial charge in [-0.3, -0.25) is 9.45 Å². The van der Waals surface area contributed by atoms with Crippen molar-refractivity contribution in [3.05, 3.63) is 72.3 Å². The Morgan fingerprint density at radius 2 is 1.29 bits per heavy atom. The lowest BCUT2D eigenvalue weighted by atomic mass is 9.98. The molecular weight excluding hydrogens is 458 g/mol. The molecule has 2 N–H and O–H groups in total. The fourth-order valence-electron chi connectivity index (χ4n) is 4.26. The van der Waals surface area contributed by atoms with E-state index >= 15 is 0 Å². The van der Waals surface area contributed by atoms with Crippen molar-refractivity contribution in [3.8, 4) is 5.75 Å². The highest BCUT2D eigenvalue weighted by molar-refractivity contribution is 7.86. The van der Waals surface area contributed by atoms with E-state index in [0.29, 0.717) is 16.8 Å². The molecule has 0 aliphatic heterocycles. The van der Waals surface area contributed by atoms with E-state index in [0.717, 1.165) is 0 Å². The molecule has 0 aromatic heterocycles. The molecule has 3 aromatic carbocycles. The summed E-state index contributed by atoms with van der Waals surface area (Å²) < 4.78 is 31.0. The van der Waals surface area contributed by atoms with E-state index in [4.69, 9.17) is 4.55 Å². The summed E-state index contributed by atoms with van der Waals surface area (Å²) in [7, 11) is -4.26. The summed E-state index contributed by atoms with van der Waals surface area (Å²) >= 11 is 0. The number of phenols is 1. The summed E-state index contributed by atoms with van der Waals surface area (Å²) in [6.45, 7) is 9.38. The molecule has 0 aliphatic carbocycles. The van der Waals surface area contributed by atoms with Crippen molar-refractivity contribution >= 4 is 20.9 Å². The predicted octanol–water partition coefficient (Wildman–Crippen LogP) is 7.61. The van der Waals surface area contributed by atoms with Crippen molar-refractivity contribution in [2.45, 2.75) is 76.7 Å². The first-order valence-corrected chi connectivity index (χ1v) is 14.2. The van der Waals surface area contributed by atoms with Crippen LogP contribution in [0, 0.1) is 0 Å². The molecule has 3 rings (SSSR count). The zero-order valence-corrected chi connectivity index (χ0v) is 22.2. The smallest absolute Gasteiger partial charge is 0.295 e. The third kappa shape index (κ3) is 8.95. The van der Waals surface area contributed by atoms with Crippen molar-refractivity contribution in [2.24, 2.45) is 0 Å². The molecule has 192 valence electrons.